The molecule has 1 aromatic carbocycles. The van der Waals surface area contributed by atoms with Crippen molar-refractivity contribution in [3.63, 3.8) is 0 Å². The predicted molar refractivity (Wildman–Crippen MR) is 94.1 cm³/mol. The molecule has 8 heteroatoms. The largest absolute Gasteiger partial charge is 0.491 e. The van der Waals surface area contributed by atoms with E-state index in [-0.39, 0.29) is 0 Å². The van der Waals surface area contributed by atoms with Crippen LogP contribution in [0.1, 0.15) is 6.92 Å². The zero-order valence-electron chi connectivity index (χ0n) is 12.6. The van der Waals surface area contributed by atoms with E-state index < -0.39 is 0 Å². The van der Waals surface area contributed by atoms with Crippen molar-refractivity contribution in [3.05, 3.63) is 24.3 Å². The third kappa shape index (κ3) is 10.5. The van der Waals surface area contributed by atoms with Crippen LogP contribution >= 0.6 is 28.5 Å². The predicted octanol–water partition coefficient (Wildman–Crippen LogP) is 3.39. The summed E-state index contributed by atoms with van der Waals surface area (Å²) in [5, 5.41) is 0. The Morgan fingerprint density at radius 1 is 0.955 bits per heavy atom. The number of rotatable bonds is 14. The highest BCUT2D eigenvalue weighted by molar-refractivity contribution is 14.2. The number of halogens is 1. The maximum atomic E-state index is 5.57. The highest BCUT2D eigenvalue weighted by atomic mass is 127. The minimum Gasteiger partial charge on any atom is -0.491 e. The molecular weight excluding hydrogens is 422 g/mol. The minimum absolute atomic E-state index is 0.469. The molecule has 126 valence electrons. The quantitative estimate of drug-likeness (QED) is 0.144. The lowest BCUT2D eigenvalue weighted by Crippen LogP contribution is -2.12. The van der Waals surface area contributed by atoms with E-state index in [1.165, 1.54) is 0 Å². The Kier molecular flexibility index (Phi) is 13.0. The Labute approximate surface area is 146 Å². The summed E-state index contributed by atoms with van der Waals surface area (Å²) in [6.07, 6.45) is 0. The van der Waals surface area contributed by atoms with Crippen molar-refractivity contribution in [1.82, 2.24) is 0 Å². The van der Waals surface area contributed by atoms with E-state index in [0.29, 0.717) is 64.2 Å². The lowest BCUT2D eigenvalue weighted by Gasteiger charge is -2.09. The van der Waals surface area contributed by atoms with Gasteiger partial charge in [0, 0.05) is 6.07 Å². The van der Waals surface area contributed by atoms with Crippen molar-refractivity contribution in [2.24, 2.45) is 0 Å². The molecule has 22 heavy (non-hydrogen) atoms. The van der Waals surface area contributed by atoms with Crippen LogP contribution in [0.4, 0.5) is 0 Å². The van der Waals surface area contributed by atoms with Crippen LogP contribution in [0.25, 0.3) is 0 Å². The summed E-state index contributed by atoms with van der Waals surface area (Å²) >= 11 is 2.18. The number of benzene rings is 1. The van der Waals surface area contributed by atoms with Gasteiger partial charge in [0.15, 0.2) is 5.75 Å². The molecule has 0 N–H and O–H groups in total. The molecule has 1 aromatic rings. The molecule has 0 aliphatic carbocycles. The number of hydrogen-bond acceptors (Lipinski definition) is 6. The maximum absolute atomic E-state index is 5.57. The first-order valence-electron chi connectivity index (χ1n) is 7.02. The summed E-state index contributed by atoms with van der Waals surface area (Å²) in [4.78, 5) is 9.93. The second-order valence-corrected chi connectivity index (χ2v) is 5.73. The molecule has 0 aromatic heterocycles. The van der Waals surface area contributed by atoms with E-state index in [2.05, 4.69) is 22.0 Å². The SMILES string of the molecule is CCOOc1cccc(OCCOCCOCCOPI)c1. The van der Waals surface area contributed by atoms with Crippen LogP contribution in [0, 0.1) is 0 Å². The molecule has 0 spiro atoms. The van der Waals surface area contributed by atoms with Gasteiger partial charge in [-0.25, -0.2) is 0 Å². The number of hydrogen-bond donors (Lipinski definition) is 0. The van der Waals surface area contributed by atoms with E-state index in [0.717, 1.165) is 0 Å². The van der Waals surface area contributed by atoms with Crippen LogP contribution in [0.15, 0.2) is 24.3 Å². The van der Waals surface area contributed by atoms with Crippen molar-refractivity contribution in [3.8, 4) is 11.5 Å². The summed E-state index contributed by atoms with van der Waals surface area (Å²) in [6, 6.07) is 7.28. The maximum Gasteiger partial charge on any atom is 0.169 e. The molecule has 0 bridgehead atoms. The van der Waals surface area contributed by atoms with Crippen LogP contribution in [0.3, 0.4) is 0 Å². The van der Waals surface area contributed by atoms with E-state index >= 15 is 0 Å². The fourth-order valence-corrected chi connectivity index (χ4v) is 2.24. The first kappa shape index (κ1) is 19.9. The summed E-state index contributed by atoms with van der Waals surface area (Å²) in [6.45, 7) is 6.14. The van der Waals surface area contributed by atoms with Crippen molar-refractivity contribution in [2.45, 2.75) is 6.92 Å². The molecular formula is C14H22IO6P. The van der Waals surface area contributed by atoms with Gasteiger partial charge < -0.3 is 23.6 Å². The van der Waals surface area contributed by atoms with Gasteiger partial charge >= 0.3 is 0 Å². The summed E-state index contributed by atoms with van der Waals surface area (Å²) in [7, 11) is 0. The van der Waals surface area contributed by atoms with Crippen molar-refractivity contribution in [1.29, 1.82) is 0 Å². The fourth-order valence-electron chi connectivity index (χ4n) is 1.42. The summed E-state index contributed by atoms with van der Waals surface area (Å²) in [5.41, 5.74) is 0. The Balaban J connectivity index is 2.00. The molecule has 0 radical (unpaired) electrons. The molecule has 1 atom stereocenters. The molecule has 0 aliphatic heterocycles. The van der Waals surface area contributed by atoms with E-state index in [1.54, 1.807) is 12.1 Å². The molecule has 1 unspecified atom stereocenters. The lowest BCUT2D eigenvalue weighted by molar-refractivity contribution is -0.202. The Hall–Kier alpha value is -0.180. The Morgan fingerprint density at radius 3 is 2.36 bits per heavy atom. The molecule has 0 amide bonds. The molecule has 0 heterocycles. The molecule has 0 aliphatic rings. The highest BCUT2D eigenvalue weighted by Crippen LogP contribution is 2.21. The van der Waals surface area contributed by atoms with Gasteiger partial charge in [-0.05, 0) is 41.1 Å². The molecule has 0 fully saturated rings. The van der Waals surface area contributed by atoms with E-state index in [9.17, 15) is 0 Å². The Bertz CT molecular complexity index is 382. The molecule has 6 nitrogen and oxygen atoms in total. The van der Waals surface area contributed by atoms with Gasteiger partial charge in [0.1, 0.15) is 12.4 Å². The first-order chi connectivity index (χ1) is 10.9. The van der Waals surface area contributed by atoms with Gasteiger partial charge in [0.05, 0.1) is 46.1 Å². The van der Waals surface area contributed by atoms with Gasteiger partial charge in [0.25, 0.3) is 0 Å². The standard InChI is InChI=1S/C14H22IO6P/c1-2-19-21-14-5-3-4-13(12-14)18-10-8-16-6-7-17-9-11-20-22-15/h3-5,12,22H,2,6-11H2,1H3. The van der Waals surface area contributed by atoms with Gasteiger partial charge in [-0.1, -0.05) is 6.07 Å². The van der Waals surface area contributed by atoms with Crippen LogP contribution < -0.4 is 9.62 Å². The van der Waals surface area contributed by atoms with E-state index in [4.69, 9.17) is 28.5 Å². The zero-order valence-corrected chi connectivity index (χ0v) is 15.7. The molecule has 0 saturated heterocycles. The first-order valence-corrected chi connectivity index (χ1v) is 11.0. The smallest absolute Gasteiger partial charge is 0.169 e. The normalized spacial score (nSPS) is 11.2. The van der Waals surface area contributed by atoms with Crippen LogP contribution in [0.2, 0.25) is 0 Å². The fraction of sp³-hybridized carbons (Fsp3) is 0.571. The monoisotopic (exact) mass is 444 g/mol. The summed E-state index contributed by atoms with van der Waals surface area (Å²) < 4.78 is 21.5. The average molecular weight is 444 g/mol. The van der Waals surface area contributed by atoms with Gasteiger partial charge in [-0.3, -0.25) is 0 Å². The second kappa shape index (κ2) is 14.4. The Morgan fingerprint density at radius 2 is 1.64 bits per heavy atom. The minimum atomic E-state index is 0.469. The van der Waals surface area contributed by atoms with Crippen molar-refractivity contribution < 1.29 is 28.5 Å². The van der Waals surface area contributed by atoms with Gasteiger partial charge in [-0.2, -0.15) is 4.89 Å². The van der Waals surface area contributed by atoms with Crippen molar-refractivity contribution >= 4 is 28.5 Å². The van der Waals surface area contributed by atoms with E-state index in [1.807, 2.05) is 19.1 Å². The third-order valence-corrected chi connectivity index (χ3v) is 3.58. The van der Waals surface area contributed by atoms with Crippen LogP contribution in [0.5, 0.6) is 11.5 Å². The zero-order chi connectivity index (χ0) is 15.9. The molecule has 1 rings (SSSR count). The van der Waals surface area contributed by atoms with Crippen LogP contribution in [-0.2, 0) is 18.9 Å². The van der Waals surface area contributed by atoms with Gasteiger partial charge in [0.2, 0.25) is 0 Å². The van der Waals surface area contributed by atoms with Crippen molar-refractivity contribution in [2.75, 3.05) is 46.2 Å². The summed E-state index contributed by atoms with van der Waals surface area (Å²) in [5.74, 6) is 1.33. The van der Waals surface area contributed by atoms with Gasteiger partial charge in [-0.15, -0.1) is 0 Å². The second-order valence-electron chi connectivity index (χ2n) is 3.96. The topological polar surface area (TPSA) is 55.4 Å². The average Bonchev–Trinajstić information content (AvgIpc) is 2.55. The third-order valence-electron chi connectivity index (χ3n) is 2.33. The molecule has 0 saturated carbocycles. The van der Waals surface area contributed by atoms with Crippen LogP contribution in [-0.4, -0.2) is 46.2 Å². The number of ether oxygens (including phenoxy) is 3. The highest BCUT2D eigenvalue weighted by Gasteiger charge is 1.99. The lowest BCUT2D eigenvalue weighted by atomic mass is 10.3.